The largest absolute Gasteiger partial charge is 0.481 e. The van der Waals surface area contributed by atoms with Crippen LogP contribution >= 0.6 is 11.6 Å². The van der Waals surface area contributed by atoms with Crippen molar-refractivity contribution in [3.8, 4) is 0 Å². The van der Waals surface area contributed by atoms with Crippen molar-refractivity contribution < 1.29 is 18.3 Å². The van der Waals surface area contributed by atoms with Crippen LogP contribution in [-0.4, -0.2) is 36.6 Å². The van der Waals surface area contributed by atoms with Crippen LogP contribution in [0.5, 0.6) is 0 Å². The van der Waals surface area contributed by atoms with Crippen molar-refractivity contribution in [1.82, 2.24) is 4.31 Å². The van der Waals surface area contributed by atoms with Gasteiger partial charge in [-0.25, -0.2) is 8.42 Å². The monoisotopic (exact) mass is 395 g/mol. The van der Waals surface area contributed by atoms with E-state index >= 15 is 0 Å². The summed E-state index contributed by atoms with van der Waals surface area (Å²) in [5.74, 6) is -0.912. The number of carboxylic acid groups (broad SMARTS) is 1. The molecule has 0 saturated heterocycles. The summed E-state index contributed by atoms with van der Waals surface area (Å²) in [4.78, 5) is 10.8. The van der Waals surface area contributed by atoms with Crippen molar-refractivity contribution in [2.45, 2.75) is 25.8 Å². The Morgan fingerprint density at radius 3 is 2.35 bits per heavy atom. The second kappa shape index (κ2) is 9.16. The molecule has 0 aromatic heterocycles. The molecule has 0 unspecified atom stereocenters. The number of aliphatic carboxylic acids is 1. The quantitative estimate of drug-likeness (QED) is 0.706. The van der Waals surface area contributed by atoms with Crippen LogP contribution in [0.15, 0.2) is 48.5 Å². The summed E-state index contributed by atoms with van der Waals surface area (Å²) in [5, 5.41) is 9.57. The van der Waals surface area contributed by atoms with Gasteiger partial charge in [0, 0.05) is 18.1 Å². The Balaban J connectivity index is 2.01. The van der Waals surface area contributed by atoms with Gasteiger partial charge in [-0.15, -0.1) is 0 Å². The summed E-state index contributed by atoms with van der Waals surface area (Å²) < 4.78 is 25.6. The summed E-state index contributed by atoms with van der Waals surface area (Å²) >= 11 is 5.87. The molecular formula is C19H22ClNO4S. The smallest absolute Gasteiger partial charge is 0.307 e. The van der Waals surface area contributed by atoms with E-state index in [1.165, 1.54) is 10.6 Å². The highest BCUT2D eigenvalue weighted by Gasteiger charge is 2.17. The van der Waals surface area contributed by atoms with Crippen molar-refractivity contribution >= 4 is 27.6 Å². The third-order valence-electron chi connectivity index (χ3n) is 3.96. The summed E-state index contributed by atoms with van der Waals surface area (Å²) in [6.07, 6.45) is 2.55. The molecule has 0 saturated carbocycles. The first-order valence-electron chi connectivity index (χ1n) is 8.23. The van der Waals surface area contributed by atoms with E-state index in [9.17, 15) is 13.2 Å². The minimum atomic E-state index is -3.36. The number of hydrogen-bond donors (Lipinski definition) is 1. The Labute approximate surface area is 159 Å². The topological polar surface area (TPSA) is 74.7 Å². The fraction of sp³-hybridized carbons (Fsp3) is 0.316. The highest BCUT2D eigenvalue weighted by atomic mass is 35.5. The van der Waals surface area contributed by atoms with Gasteiger partial charge in [0.25, 0.3) is 0 Å². The molecule has 5 nitrogen and oxygen atoms in total. The molecule has 26 heavy (non-hydrogen) atoms. The summed E-state index contributed by atoms with van der Waals surface area (Å²) in [7, 11) is -3.36. The van der Waals surface area contributed by atoms with E-state index in [0.29, 0.717) is 23.6 Å². The fourth-order valence-electron chi connectivity index (χ4n) is 2.69. The second-order valence-corrected chi connectivity index (χ2v) is 8.64. The maximum atomic E-state index is 12.1. The van der Waals surface area contributed by atoms with Crippen LogP contribution in [0.3, 0.4) is 0 Å². The van der Waals surface area contributed by atoms with Crippen molar-refractivity contribution in [3.63, 3.8) is 0 Å². The van der Waals surface area contributed by atoms with E-state index in [2.05, 4.69) is 0 Å². The highest BCUT2D eigenvalue weighted by molar-refractivity contribution is 7.88. The van der Waals surface area contributed by atoms with E-state index in [0.717, 1.165) is 17.5 Å². The van der Waals surface area contributed by atoms with Gasteiger partial charge in [-0.1, -0.05) is 48.0 Å². The molecule has 2 rings (SSSR count). The van der Waals surface area contributed by atoms with E-state index < -0.39 is 16.0 Å². The molecular weight excluding hydrogens is 374 g/mol. The van der Waals surface area contributed by atoms with Gasteiger partial charge in [0.1, 0.15) is 0 Å². The number of carbonyl (C=O) groups is 1. The molecule has 1 N–H and O–H groups in total. The Hall–Kier alpha value is -1.89. The molecule has 0 aliphatic carbocycles. The van der Waals surface area contributed by atoms with Crippen LogP contribution in [0, 0.1) is 0 Å². The average Bonchev–Trinajstić information content (AvgIpc) is 2.54. The first-order chi connectivity index (χ1) is 12.2. The molecule has 0 amide bonds. The molecule has 140 valence electrons. The summed E-state index contributed by atoms with van der Waals surface area (Å²) in [5.41, 5.74) is 2.54. The highest BCUT2D eigenvalue weighted by Crippen LogP contribution is 2.14. The number of halogens is 1. The van der Waals surface area contributed by atoms with Crippen LogP contribution in [0.25, 0.3) is 0 Å². The molecule has 0 atom stereocenters. The molecule has 0 aliphatic rings. The number of hydrogen-bond acceptors (Lipinski definition) is 3. The van der Waals surface area contributed by atoms with Gasteiger partial charge in [0.05, 0.1) is 12.7 Å². The van der Waals surface area contributed by atoms with Crippen LogP contribution in [0.4, 0.5) is 0 Å². The maximum absolute atomic E-state index is 12.1. The number of benzene rings is 2. The lowest BCUT2D eigenvalue weighted by atomic mass is 10.1. The van der Waals surface area contributed by atoms with Gasteiger partial charge in [-0.3, -0.25) is 4.79 Å². The fourth-order valence-corrected chi connectivity index (χ4v) is 3.66. The SMILES string of the molecule is CS(=O)(=O)N(CCCc1ccc(Cl)cc1)Cc1cccc(CC(=O)O)c1. The zero-order valence-corrected chi connectivity index (χ0v) is 16.1. The van der Waals surface area contributed by atoms with E-state index in [-0.39, 0.29) is 13.0 Å². The predicted octanol–water partition coefficient (Wildman–Crippen LogP) is 3.36. The zero-order valence-electron chi connectivity index (χ0n) is 14.6. The minimum Gasteiger partial charge on any atom is -0.481 e. The van der Waals surface area contributed by atoms with E-state index in [1.54, 1.807) is 18.2 Å². The van der Waals surface area contributed by atoms with Gasteiger partial charge in [-0.2, -0.15) is 4.31 Å². The molecule has 0 radical (unpaired) electrons. The number of aryl methyl sites for hydroxylation is 1. The number of nitrogens with zero attached hydrogens (tertiary/aromatic N) is 1. The van der Waals surface area contributed by atoms with E-state index in [1.807, 2.05) is 30.3 Å². The third-order valence-corrected chi connectivity index (χ3v) is 5.46. The van der Waals surface area contributed by atoms with Crippen LogP contribution in [0.2, 0.25) is 5.02 Å². The van der Waals surface area contributed by atoms with Gasteiger partial charge >= 0.3 is 5.97 Å². The van der Waals surface area contributed by atoms with Crippen molar-refractivity contribution in [2.24, 2.45) is 0 Å². The number of sulfonamides is 1. The lowest BCUT2D eigenvalue weighted by Gasteiger charge is -2.20. The molecule has 0 heterocycles. The van der Waals surface area contributed by atoms with Gasteiger partial charge in [0.2, 0.25) is 10.0 Å². The molecule has 7 heteroatoms. The molecule has 2 aromatic carbocycles. The Kier molecular flexibility index (Phi) is 7.20. The van der Waals surface area contributed by atoms with Gasteiger partial charge < -0.3 is 5.11 Å². The molecule has 0 aliphatic heterocycles. The zero-order chi connectivity index (χ0) is 19.2. The van der Waals surface area contributed by atoms with Crippen molar-refractivity contribution in [1.29, 1.82) is 0 Å². The number of carboxylic acids is 1. The first kappa shape index (κ1) is 20.4. The van der Waals surface area contributed by atoms with Crippen LogP contribution in [0.1, 0.15) is 23.1 Å². The Bertz CT molecular complexity index is 850. The summed E-state index contributed by atoms with van der Waals surface area (Å²) in [6, 6.07) is 14.5. The Morgan fingerprint density at radius 2 is 1.73 bits per heavy atom. The lowest BCUT2D eigenvalue weighted by Crippen LogP contribution is -2.30. The molecule has 0 bridgehead atoms. The summed E-state index contributed by atoms with van der Waals surface area (Å²) in [6.45, 7) is 0.623. The van der Waals surface area contributed by atoms with Gasteiger partial charge in [0.15, 0.2) is 0 Å². The second-order valence-electron chi connectivity index (χ2n) is 6.22. The standard InChI is InChI=1S/C19H22ClNO4S/c1-26(24,25)21(11-3-6-15-7-9-18(20)10-8-15)14-17-5-2-4-16(12-17)13-19(22)23/h2,4-5,7-10,12H,3,6,11,13-14H2,1H3,(H,22,23). The van der Waals surface area contributed by atoms with Crippen molar-refractivity contribution in [2.75, 3.05) is 12.8 Å². The lowest BCUT2D eigenvalue weighted by molar-refractivity contribution is -0.136. The van der Waals surface area contributed by atoms with Crippen LogP contribution < -0.4 is 0 Å². The predicted molar refractivity (Wildman–Crippen MR) is 103 cm³/mol. The Morgan fingerprint density at radius 1 is 1.08 bits per heavy atom. The molecule has 0 fully saturated rings. The van der Waals surface area contributed by atoms with Crippen LogP contribution in [-0.2, 0) is 34.2 Å². The minimum absolute atomic E-state index is 0.0801. The number of rotatable bonds is 9. The first-order valence-corrected chi connectivity index (χ1v) is 10.5. The van der Waals surface area contributed by atoms with Gasteiger partial charge in [-0.05, 0) is 41.7 Å². The van der Waals surface area contributed by atoms with Crippen molar-refractivity contribution in [3.05, 3.63) is 70.2 Å². The normalized spacial score (nSPS) is 11.7. The van der Waals surface area contributed by atoms with E-state index in [4.69, 9.17) is 16.7 Å². The maximum Gasteiger partial charge on any atom is 0.307 e. The third kappa shape index (κ3) is 6.78. The average molecular weight is 396 g/mol. The molecule has 0 spiro atoms. The molecule has 2 aromatic rings.